The van der Waals surface area contributed by atoms with E-state index in [9.17, 15) is 9.90 Å². The fourth-order valence-electron chi connectivity index (χ4n) is 2.26. The Morgan fingerprint density at radius 3 is 2.74 bits per heavy atom. The van der Waals surface area contributed by atoms with Crippen LogP contribution in [0.3, 0.4) is 0 Å². The molecule has 1 heterocycles. The summed E-state index contributed by atoms with van der Waals surface area (Å²) in [4.78, 5) is 12.1. The minimum absolute atomic E-state index is 0.0283. The number of fused-ring (bicyclic) bond motifs is 1. The normalized spacial score (nSPS) is 16.5. The SMILES string of the molecule is CC(C)=CCc1cc(O)cc2c1OC(C)(C)CC2=O. The van der Waals surface area contributed by atoms with E-state index in [1.54, 1.807) is 6.07 Å². The topological polar surface area (TPSA) is 46.5 Å². The first kappa shape index (κ1) is 13.7. The zero-order valence-corrected chi connectivity index (χ0v) is 11.9. The fourth-order valence-corrected chi connectivity index (χ4v) is 2.26. The Labute approximate surface area is 113 Å². The van der Waals surface area contributed by atoms with Crippen LogP contribution in [0.4, 0.5) is 0 Å². The number of hydrogen-bond donors (Lipinski definition) is 1. The number of rotatable bonds is 2. The van der Waals surface area contributed by atoms with E-state index in [2.05, 4.69) is 6.08 Å². The van der Waals surface area contributed by atoms with Crippen molar-refractivity contribution in [2.45, 2.75) is 46.1 Å². The van der Waals surface area contributed by atoms with Crippen molar-refractivity contribution in [3.8, 4) is 11.5 Å². The highest BCUT2D eigenvalue weighted by molar-refractivity contribution is 6.01. The molecule has 1 aromatic rings. The molecule has 0 unspecified atom stereocenters. The van der Waals surface area contributed by atoms with E-state index in [1.807, 2.05) is 27.7 Å². The molecule has 0 fully saturated rings. The zero-order valence-electron chi connectivity index (χ0n) is 11.9. The summed E-state index contributed by atoms with van der Waals surface area (Å²) in [6.45, 7) is 7.85. The van der Waals surface area contributed by atoms with Crippen LogP contribution in [0, 0.1) is 0 Å². The number of benzene rings is 1. The van der Waals surface area contributed by atoms with Crippen molar-refractivity contribution in [2.75, 3.05) is 0 Å². The van der Waals surface area contributed by atoms with Gasteiger partial charge >= 0.3 is 0 Å². The first-order valence-corrected chi connectivity index (χ1v) is 6.50. The highest BCUT2D eigenvalue weighted by Crippen LogP contribution is 2.38. The molecule has 0 saturated carbocycles. The van der Waals surface area contributed by atoms with Crippen molar-refractivity contribution in [1.29, 1.82) is 0 Å². The highest BCUT2D eigenvalue weighted by Gasteiger charge is 2.34. The smallest absolute Gasteiger partial charge is 0.170 e. The van der Waals surface area contributed by atoms with Crippen molar-refractivity contribution in [3.05, 3.63) is 34.9 Å². The predicted molar refractivity (Wildman–Crippen MR) is 74.9 cm³/mol. The van der Waals surface area contributed by atoms with Gasteiger partial charge in [-0.05, 0) is 46.2 Å². The molecule has 19 heavy (non-hydrogen) atoms. The summed E-state index contributed by atoms with van der Waals surface area (Å²) in [7, 11) is 0. The van der Waals surface area contributed by atoms with Crippen molar-refractivity contribution in [1.82, 2.24) is 0 Å². The molecule has 1 aliphatic heterocycles. The van der Waals surface area contributed by atoms with E-state index in [4.69, 9.17) is 4.74 Å². The van der Waals surface area contributed by atoms with Gasteiger partial charge in [-0.1, -0.05) is 11.6 Å². The summed E-state index contributed by atoms with van der Waals surface area (Å²) in [6.07, 6.45) is 3.05. The van der Waals surface area contributed by atoms with Gasteiger partial charge in [-0.3, -0.25) is 4.79 Å². The van der Waals surface area contributed by atoms with Crippen LogP contribution >= 0.6 is 0 Å². The fraction of sp³-hybridized carbons (Fsp3) is 0.438. The lowest BCUT2D eigenvalue weighted by molar-refractivity contribution is 0.0613. The summed E-state index contributed by atoms with van der Waals surface area (Å²) in [6, 6.07) is 3.17. The van der Waals surface area contributed by atoms with E-state index in [0.717, 1.165) is 5.56 Å². The van der Waals surface area contributed by atoms with E-state index < -0.39 is 5.60 Å². The van der Waals surface area contributed by atoms with E-state index >= 15 is 0 Å². The molecule has 0 saturated heterocycles. The molecule has 0 bridgehead atoms. The van der Waals surface area contributed by atoms with Crippen molar-refractivity contribution < 1.29 is 14.6 Å². The second kappa shape index (κ2) is 4.72. The highest BCUT2D eigenvalue weighted by atomic mass is 16.5. The third-order valence-corrected chi connectivity index (χ3v) is 3.15. The van der Waals surface area contributed by atoms with Gasteiger partial charge in [0.05, 0.1) is 12.0 Å². The molecule has 1 N–H and O–H groups in total. The number of ketones is 1. The lowest BCUT2D eigenvalue weighted by Gasteiger charge is -2.33. The molecule has 1 aromatic carbocycles. The van der Waals surface area contributed by atoms with Crippen LogP contribution in [0.1, 0.15) is 50.0 Å². The van der Waals surface area contributed by atoms with Crippen LogP contribution in [0.2, 0.25) is 0 Å². The van der Waals surface area contributed by atoms with Gasteiger partial charge in [-0.2, -0.15) is 0 Å². The van der Waals surface area contributed by atoms with Gasteiger partial charge < -0.3 is 9.84 Å². The number of carbonyl (C=O) groups is 1. The molecular weight excluding hydrogens is 240 g/mol. The largest absolute Gasteiger partial charge is 0.508 e. The van der Waals surface area contributed by atoms with Crippen LogP contribution in [0.5, 0.6) is 11.5 Å². The Bertz CT molecular complexity index is 549. The van der Waals surface area contributed by atoms with Crippen LogP contribution in [-0.2, 0) is 6.42 Å². The van der Waals surface area contributed by atoms with Crippen LogP contribution in [-0.4, -0.2) is 16.5 Å². The van der Waals surface area contributed by atoms with E-state index in [-0.39, 0.29) is 11.5 Å². The lowest BCUT2D eigenvalue weighted by atomic mass is 9.90. The maximum Gasteiger partial charge on any atom is 0.170 e. The lowest BCUT2D eigenvalue weighted by Crippen LogP contribution is -2.36. The van der Waals surface area contributed by atoms with E-state index in [1.165, 1.54) is 11.6 Å². The number of phenols is 1. The molecular formula is C16H20O3. The molecule has 0 radical (unpaired) electrons. The van der Waals surface area contributed by atoms with Gasteiger partial charge in [0.2, 0.25) is 0 Å². The predicted octanol–water partition coefficient (Wildman–Crippen LogP) is 3.64. The van der Waals surface area contributed by atoms with Gasteiger partial charge in [-0.25, -0.2) is 0 Å². The number of phenolic OH excluding ortho intramolecular Hbond substituents is 1. The summed E-state index contributed by atoms with van der Waals surface area (Å²) in [5, 5.41) is 9.75. The van der Waals surface area contributed by atoms with Crippen LogP contribution < -0.4 is 4.74 Å². The number of ether oxygens (including phenoxy) is 1. The number of aromatic hydroxyl groups is 1. The molecule has 3 heteroatoms. The Kier molecular flexibility index (Phi) is 3.40. The van der Waals surface area contributed by atoms with Gasteiger partial charge in [0.15, 0.2) is 5.78 Å². The Hall–Kier alpha value is -1.77. The second-order valence-electron chi connectivity index (χ2n) is 5.93. The standard InChI is InChI=1S/C16H20O3/c1-10(2)5-6-11-7-12(17)8-13-14(18)9-16(3,4)19-15(11)13/h5,7-8,17H,6,9H2,1-4H3. The van der Waals surface area contributed by atoms with Crippen LogP contribution in [0.15, 0.2) is 23.8 Å². The minimum Gasteiger partial charge on any atom is -0.508 e. The molecule has 3 nitrogen and oxygen atoms in total. The van der Waals surface area contributed by atoms with Gasteiger partial charge in [0, 0.05) is 5.56 Å². The van der Waals surface area contributed by atoms with Gasteiger partial charge in [0.25, 0.3) is 0 Å². The van der Waals surface area contributed by atoms with Crippen molar-refractivity contribution in [3.63, 3.8) is 0 Å². The first-order valence-electron chi connectivity index (χ1n) is 6.50. The monoisotopic (exact) mass is 260 g/mol. The Morgan fingerprint density at radius 1 is 1.42 bits per heavy atom. The summed E-state index contributed by atoms with van der Waals surface area (Å²) in [5.74, 6) is 0.768. The summed E-state index contributed by atoms with van der Waals surface area (Å²) >= 11 is 0. The summed E-state index contributed by atoms with van der Waals surface area (Å²) < 4.78 is 5.95. The summed E-state index contributed by atoms with van der Waals surface area (Å²) in [5.41, 5.74) is 2.06. The van der Waals surface area contributed by atoms with Gasteiger partial charge in [-0.15, -0.1) is 0 Å². The number of carbonyl (C=O) groups excluding carboxylic acids is 1. The molecule has 0 aliphatic carbocycles. The molecule has 0 spiro atoms. The molecule has 2 rings (SSSR count). The Morgan fingerprint density at radius 2 is 2.11 bits per heavy atom. The maximum absolute atomic E-state index is 12.1. The molecule has 0 aromatic heterocycles. The average molecular weight is 260 g/mol. The average Bonchev–Trinajstić information content (AvgIpc) is 2.26. The molecule has 0 amide bonds. The first-order chi connectivity index (χ1) is 8.78. The van der Waals surface area contributed by atoms with Crippen LogP contribution in [0.25, 0.3) is 0 Å². The van der Waals surface area contributed by atoms with E-state index in [0.29, 0.717) is 24.2 Å². The number of hydrogen-bond acceptors (Lipinski definition) is 3. The third kappa shape index (κ3) is 2.98. The van der Waals surface area contributed by atoms with Crippen molar-refractivity contribution in [2.24, 2.45) is 0 Å². The van der Waals surface area contributed by atoms with Crippen molar-refractivity contribution >= 4 is 5.78 Å². The quantitative estimate of drug-likeness (QED) is 0.826. The number of Topliss-reactive ketones (excluding diaryl/α,β-unsaturated/α-hetero) is 1. The maximum atomic E-state index is 12.1. The second-order valence-corrected chi connectivity index (χ2v) is 5.93. The third-order valence-electron chi connectivity index (χ3n) is 3.15. The Balaban J connectivity index is 2.51. The molecule has 1 aliphatic rings. The molecule has 102 valence electrons. The molecule has 0 atom stereocenters. The van der Waals surface area contributed by atoms with Gasteiger partial charge in [0.1, 0.15) is 17.1 Å². The zero-order chi connectivity index (χ0) is 14.2. The minimum atomic E-state index is -0.485. The number of allylic oxidation sites excluding steroid dienone is 2.